The predicted molar refractivity (Wildman–Crippen MR) is 74.8 cm³/mol. The van der Waals surface area contributed by atoms with Crippen LogP contribution < -0.4 is 10.6 Å². The smallest absolute Gasteiger partial charge is 0.166 e. The third-order valence-electron chi connectivity index (χ3n) is 3.36. The van der Waals surface area contributed by atoms with E-state index < -0.39 is 0 Å². The minimum Gasteiger partial charge on any atom is -0.384 e. The summed E-state index contributed by atoms with van der Waals surface area (Å²) in [6, 6.07) is 10.0. The van der Waals surface area contributed by atoms with Gasteiger partial charge in [-0.1, -0.05) is 18.2 Å². The molecule has 2 aromatic rings. The molecule has 0 amide bonds. The van der Waals surface area contributed by atoms with Gasteiger partial charge in [-0.3, -0.25) is 5.41 Å². The normalized spacial score (nSPS) is 14.0. The molecule has 5 heteroatoms. The Morgan fingerprint density at radius 3 is 2.95 bits per heavy atom. The zero-order valence-electron chi connectivity index (χ0n) is 10.5. The van der Waals surface area contributed by atoms with Gasteiger partial charge in [0.15, 0.2) is 5.82 Å². The van der Waals surface area contributed by atoms with Crippen LogP contribution >= 0.6 is 0 Å². The lowest BCUT2D eigenvalue weighted by molar-refractivity contribution is 0.752. The summed E-state index contributed by atoms with van der Waals surface area (Å²) in [6.45, 7) is 0.871. The van der Waals surface area contributed by atoms with Crippen LogP contribution in [0.3, 0.4) is 0 Å². The molecule has 2 heterocycles. The van der Waals surface area contributed by atoms with Crippen molar-refractivity contribution >= 4 is 17.3 Å². The Morgan fingerprint density at radius 2 is 2.11 bits per heavy atom. The first-order valence-corrected chi connectivity index (χ1v) is 6.29. The molecule has 0 fully saturated rings. The van der Waals surface area contributed by atoms with Crippen molar-refractivity contribution in [1.29, 1.82) is 5.41 Å². The summed E-state index contributed by atoms with van der Waals surface area (Å²) in [7, 11) is 0. The Kier molecular flexibility index (Phi) is 2.87. The number of anilines is 2. The van der Waals surface area contributed by atoms with Crippen LogP contribution in [0.15, 0.2) is 36.5 Å². The van der Waals surface area contributed by atoms with E-state index in [1.54, 1.807) is 12.3 Å². The minimum atomic E-state index is 0.0213. The SMILES string of the molecule is N=C(N)c1ccnnc1N1CCCc2ccccc21. The standard InChI is InChI=1S/C14H15N5/c15-13(16)11-7-8-17-18-14(11)19-9-3-5-10-4-1-2-6-12(10)19/h1-2,4,6-8H,3,5,9H2,(H3,15,16). The molecule has 0 unspecified atom stereocenters. The van der Waals surface area contributed by atoms with Gasteiger partial charge >= 0.3 is 0 Å². The van der Waals surface area contributed by atoms with Crippen LogP contribution in [-0.2, 0) is 6.42 Å². The highest BCUT2D eigenvalue weighted by atomic mass is 15.3. The van der Waals surface area contributed by atoms with Crippen LogP contribution in [0.25, 0.3) is 0 Å². The fourth-order valence-electron chi connectivity index (χ4n) is 2.49. The van der Waals surface area contributed by atoms with Crippen molar-refractivity contribution in [2.24, 2.45) is 5.73 Å². The summed E-state index contributed by atoms with van der Waals surface area (Å²) in [6.07, 6.45) is 3.70. The largest absolute Gasteiger partial charge is 0.384 e. The van der Waals surface area contributed by atoms with Crippen LogP contribution in [-0.4, -0.2) is 22.6 Å². The quantitative estimate of drug-likeness (QED) is 0.632. The molecular weight excluding hydrogens is 238 g/mol. The second-order valence-corrected chi connectivity index (χ2v) is 4.57. The maximum absolute atomic E-state index is 7.66. The van der Waals surface area contributed by atoms with Gasteiger partial charge < -0.3 is 10.6 Å². The van der Waals surface area contributed by atoms with Gasteiger partial charge in [-0.25, -0.2) is 0 Å². The van der Waals surface area contributed by atoms with Crippen molar-refractivity contribution in [3.05, 3.63) is 47.7 Å². The zero-order chi connectivity index (χ0) is 13.2. The maximum atomic E-state index is 7.66. The number of nitrogen functional groups attached to an aromatic ring is 1. The van der Waals surface area contributed by atoms with E-state index >= 15 is 0 Å². The lowest BCUT2D eigenvalue weighted by atomic mass is 10.0. The number of nitrogens with two attached hydrogens (primary N) is 1. The average Bonchev–Trinajstić information content (AvgIpc) is 2.46. The van der Waals surface area contributed by atoms with E-state index in [1.165, 1.54) is 5.56 Å². The molecule has 0 aliphatic carbocycles. The van der Waals surface area contributed by atoms with Crippen LogP contribution in [0.4, 0.5) is 11.5 Å². The Labute approximate surface area is 111 Å². The Morgan fingerprint density at radius 1 is 1.26 bits per heavy atom. The Hall–Kier alpha value is -2.43. The lowest BCUT2D eigenvalue weighted by Gasteiger charge is -2.31. The molecule has 1 aromatic heterocycles. The summed E-state index contributed by atoms with van der Waals surface area (Å²) < 4.78 is 0. The van der Waals surface area contributed by atoms with Crippen LogP contribution in [0, 0.1) is 5.41 Å². The van der Waals surface area contributed by atoms with E-state index in [2.05, 4.69) is 27.2 Å². The number of aryl methyl sites for hydroxylation is 1. The van der Waals surface area contributed by atoms with Gasteiger partial charge in [0.2, 0.25) is 0 Å². The molecule has 3 N–H and O–H groups in total. The molecule has 0 spiro atoms. The van der Waals surface area contributed by atoms with Crippen molar-refractivity contribution < 1.29 is 0 Å². The van der Waals surface area contributed by atoms with Gasteiger partial charge in [0.05, 0.1) is 11.8 Å². The summed E-state index contributed by atoms with van der Waals surface area (Å²) in [5.74, 6) is 0.690. The van der Waals surface area contributed by atoms with Gasteiger partial charge in [0.1, 0.15) is 5.84 Å². The van der Waals surface area contributed by atoms with Crippen molar-refractivity contribution in [1.82, 2.24) is 10.2 Å². The Balaban J connectivity index is 2.12. The Bertz CT molecular complexity index is 623. The van der Waals surface area contributed by atoms with Gasteiger partial charge in [-0.2, -0.15) is 5.10 Å². The van der Waals surface area contributed by atoms with E-state index in [9.17, 15) is 0 Å². The molecule has 5 nitrogen and oxygen atoms in total. The van der Waals surface area contributed by atoms with Crippen LogP contribution in [0.5, 0.6) is 0 Å². The van der Waals surface area contributed by atoms with E-state index in [-0.39, 0.29) is 5.84 Å². The number of rotatable bonds is 2. The molecule has 0 bridgehead atoms. The van der Waals surface area contributed by atoms with Crippen LogP contribution in [0.2, 0.25) is 0 Å². The first-order valence-electron chi connectivity index (χ1n) is 6.29. The number of benzene rings is 1. The van der Waals surface area contributed by atoms with Crippen molar-refractivity contribution in [3.63, 3.8) is 0 Å². The summed E-state index contributed by atoms with van der Waals surface area (Å²) in [4.78, 5) is 2.10. The van der Waals surface area contributed by atoms with E-state index in [0.29, 0.717) is 11.4 Å². The minimum absolute atomic E-state index is 0.0213. The molecule has 3 rings (SSSR count). The molecule has 0 saturated heterocycles. The van der Waals surface area contributed by atoms with Crippen LogP contribution in [0.1, 0.15) is 17.5 Å². The number of nitrogens with zero attached hydrogens (tertiary/aromatic N) is 3. The summed E-state index contributed by atoms with van der Waals surface area (Å²) >= 11 is 0. The third-order valence-corrected chi connectivity index (χ3v) is 3.36. The molecule has 1 aromatic carbocycles. The number of para-hydroxylation sites is 1. The monoisotopic (exact) mass is 253 g/mol. The molecule has 19 heavy (non-hydrogen) atoms. The molecule has 0 atom stereocenters. The van der Waals surface area contributed by atoms with E-state index in [0.717, 1.165) is 25.1 Å². The number of hydrogen-bond donors (Lipinski definition) is 2. The number of hydrogen-bond acceptors (Lipinski definition) is 4. The van der Waals surface area contributed by atoms with Crippen molar-refractivity contribution in [2.75, 3.05) is 11.4 Å². The highest BCUT2D eigenvalue weighted by Gasteiger charge is 2.22. The van der Waals surface area contributed by atoms with E-state index in [1.807, 2.05) is 12.1 Å². The highest BCUT2D eigenvalue weighted by molar-refractivity contribution is 6.00. The zero-order valence-corrected chi connectivity index (χ0v) is 10.5. The first-order chi connectivity index (χ1) is 9.27. The third kappa shape index (κ3) is 2.03. The fourth-order valence-corrected chi connectivity index (χ4v) is 2.49. The van der Waals surface area contributed by atoms with Gasteiger partial charge in [-0.15, -0.1) is 5.10 Å². The predicted octanol–water partition coefficient (Wildman–Crippen LogP) is 1.84. The molecule has 1 aliphatic heterocycles. The number of amidine groups is 1. The maximum Gasteiger partial charge on any atom is 0.166 e. The van der Waals surface area contributed by atoms with Gasteiger partial charge in [-0.05, 0) is 30.5 Å². The highest BCUT2D eigenvalue weighted by Crippen LogP contribution is 2.33. The second-order valence-electron chi connectivity index (χ2n) is 4.57. The average molecular weight is 253 g/mol. The second kappa shape index (κ2) is 4.68. The lowest BCUT2D eigenvalue weighted by Crippen LogP contribution is -2.28. The molecule has 0 radical (unpaired) electrons. The van der Waals surface area contributed by atoms with Gasteiger partial charge in [0.25, 0.3) is 0 Å². The van der Waals surface area contributed by atoms with E-state index in [4.69, 9.17) is 11.1 Å². The molecular formula is C14H15N5. The number of nitrogens with one attached hydrogen (secondary N) is 1. The fraction of sp³-hybridized carbons (Fsp3) is 0.214. The molecule has 96 valence electrons. The first kappa shape index (κ1) is 11.6. The topological polar surface area (TPSA) is 78.9 Å². The number of fused-ring (bicyclic) bond motifs is 1. The van der Waals surface area contributed by atoms with Crippen molar-refractivity contribution in [3.8, 4) is 0 Å². The van der Waals surface area contributed by atoms with Crippen molar-refractivity contribution in [2.45, 2.75) is 12.8 Å². The molecule has 0 saturated carbocycles. The summed E-state index contributed by atoms with van der Waals surface area (Å²) in [5, 5.41) is 15.8. The summed E-state index contributed by atoms with van der Waals surface area (Å²) in [5.41, 5.74) is 8.70. The van der Waals surface area contributed by atoms with Gasteiger partial charge in [0, 0.05) is 12.2 Å². The number of aromatic nitrogens is 2. The molecule has 1 aliphatic rings.